The van der Waals surface area contributed by atoms with Gasteiger partial charge in [-0.05, 0) is 12.2 Å². The molecule has 0 atom stereocenters. The summed E-state index contributed by atoms with van der Waals surface area (Å²) < 4.78 is 0. The van der Waals surface area contributed by atoms with Crippen LogP contribution in [-0.2, 0) is 0 Å². The third-order valence-corrected chi connectivity index (χ3v) is 0.360. The first-order valence-electron chi connectivity index (χ1n) is 1.12. The minimum Gasteiger partial charge on any atom is -0.372 e. The lowest BCUT2D eigenvalue weighted by molar-refractivity contribution is -0.243. The van der Waals surface area contributed by atoms with Crippen molar-refractivity contribution in [2.45, 2.75) is 0 Å². The third kappa shape index (κ3) is 1.89. The molecule has 0 aliphatic rings. The van der Waals surface area contributed by atoms with Crippen molar-refractivity contribution in [1.82, 2.24) is 5.23 Å². The summed E-state index contributed by atoms with van der Waals surface area (Å²) in [6.45, 7) is 0. The second-order valence-electron chi connectivity index (χ2n) is 0.628. The summed E-state index contributed by atoms with van der Waals surface area (Å²) in [5.41, 5.74) is 4.59. The molecule has 5 heteroatoms. The van der Waals surface area contributed by atoms with E-state index >= 15 is 0 Å². The summed E-state index contributed by atoms with van der Waals surface area (Å²) in [5.74, 6) is 0. The minimum absolute atomic E-state index is 0.324. The van der Waals surface area contributed by atoms with Gasteiger partial charge in [0.1, 0.15) is 0 Å². The Kier molecular flexibility index (Phi) is 1.78. The van der Waals surface area contributed by atoms with Crippen molar-refractivity contribution in [1.29, 1.82) is 0 Å². The maximum absolute atomic E-state index is 7.75. The Balaban J connectivity index is 3.26. The van der Waals surface area contributed by atoms with Crippen molar-refractivity contribution in [2.75, 3.05) is 0 Å². The molecule has 0 aliphatic carbocycles. The molecule has 4 N–H and O–H groups in total. The molecule has 0 fully saturated rings. The van der Waals surface area contributed by atoms with E-state index in [2.05, 4.69) is 18.0 Å². The molecule has 0 amide bonds. The topological polar surface area (TPSA) is 69.7 Å². The van der Waals surface area contributed by atoms with E-state index in [0.717, 1.165) is 0 Å². The highest BCUT2D eigenvalue weighted by Crippen LogP contribution is 1.66. The van der Waals surface area contributed by atoms with Gasteiger partial charge in [-0.3, -0.25) is 10.4 Å². The fourth-order valence-electron chi connectivity index (χ4n) is 0. The van der Waals surface area contributed by atoms with Crippen LogP contribution in [0.25, 0.3) is 0 Å². The molecule has 0 heterocycles. The number of hydroxylamine groups is 2. The Morgan fingerprint density at radius 3 is 1.83 bits per heavy atom. The van der Waals surface area contributed by atoms with Crippen LogP contribution < -0.4 is 5.73 Å². The Morgan fingerprint density at radius 1 is 1.67 bits per heavy atom. The van der Waals surface area contributed by atoms with E-state index in [-0.39, 0.29) is 5.23 Å². The first kappa shape index (κ1) is 5.61. The van der Waals surface area contributed by atoms with E-state index in [1.54, 1.807) is 0 Å². The van der Waals surface area contributed by atoms with Crippen LogP contribution in [-0.4, -0.2) is 20.8 Å². The van der Waals surface area contributed by atoms with Crippen molar-refractivity contribution in [2.24, 2.45) is 5.73 Å². The average Bonchev–Trinajstić information content (AvgIpc) is 1.36. The summed E-state index contributed by atoms with van der Waals surface area (Å²) in [5, 5.41) is 14.7. The Labute approximate surface area is 39.7 Å². The zero-order chi connectivity index (χ0) is 5.15. The van der Waals surface area contributed by atoms with E-state index in [0.29, 0.717) is 0 Å². The van der Waals surface area contributed by atoms with Gasteiger partial charge in [-0.25, -0.2) is 0 Å². The van der Waals surface area contributed by atoms with Gasteiger partial charge in [0.2, 0.25) is 5.11 Å². The predicted molar refractivity (Wildman–Crippen MR) is 22.2 cm³/mol. The Morgan fingerprint density at radius 2 is 1.83 bits per heavy atom. The summed E-state index contributed by atoms with van der Waals surface area (Å²) in [6.07, 6.45) is 0. The second kappa shape index (κ2) is 1.91. The molecule has 0 radical (unpaired) electrons. The SMILES string of the molecule is NC(=S)N(O)O. The van der Waals surface area contributed by atoms with Crippen LogP contribution >= 0.6 is 12.2 Å². The Bertz CT molecular complexity index is 62.6. The van der Waals surface area contributed by atoms with E-state index < -0.39 is 5.11 Å². The number of rotatable bonds is 0. The van der Waals surface area contributed by atoms with E-state index in [4.69, 9.17) is 10.4 Å². The molecule has 0 saturated carbocycles. The van der Waals surface area contributed by atoms with E-state index in [1.807, 2.05) is 0 Å². The smallest absolute Gasteiger partial charge is 0.219 e. The number of hydrogen-bond donors (Lipinski definition) is 3. The molecular weight excluding hydrogens is 104 g/mol. The van der Waals surface area contributed by atoms with Gasteiger partial charge in [-0.15, -0.1) is 5.23 Å². The molecule has 0 aromatic heterocycles. The third-order valence-electron chi connectivity index (χ3n) is 0.197. The van der Waals surface area contributed by atoms with Crippen molar-refractivity contribution >= 4 is 17.3 Å². The molecule has 0 rings (SSSR count). The molecule has 4 nitrogen and oxygen atoms in total. The van der Waals surface area contributed by atoms with Crippen LogP contribution in [0.5, 0.6) is 0 Å². The number of hydrogen-bond acceptors (Lipinski definition) is 3. The zero-order valence-corrected chi connectivity index (χ0v) is 3.64. The lowest BCUT2D eigenvalue weighted by atomic mass is 11.2. The molecule has 0 aliphatic heterocycles. The average molecular weight is 108 g/mol. The van der Waals surface area contributed by atoms with Gasteiger partial charge < -0.3 is 5.73 Å². The maximum Gasteiger partial charge on any atom is 0.219 e. The normalized spacial score (nSPS) is 7.67. The van der Waals surface area contributed by atoms with Crippen molar-refractivity contribution in [3.05, 3.63) is 0 Å². The molecule has 0 aromatic carbocycles. The van der Waals surface area contributed by atoms with Gasteiger partial charge in [-0.1, -0.05) is 0 Å². The molecule has 0 spiro atoms. The van der Waals surface area contributed by atoms with Gasteiger partial charge in [0.25, 0.3) is 0 Å². The van der Waals surface area contributed by atoms with Crippen LogP contribution in [0, 0.1) is 0 Å². The molecule has 36 valence electrons. The molecule has 0 bridgehead atoms. The second-order valence-corrected chi connectivity index (χ2v) is 1.05. The van der Waals surface area contributed by atoms with Crippen molar-refractivity contribution in [3.8, 4) is 0 Å². The fraction of sp³-hybridized carbons (Fsp3) is 0. The highest BCUT2D eigenvalue weighted by Gasteiger charge is 1.88. The quantitative estimate of drug-likeness (QED) is 0.283. The lowest BCUT2D eigenvalue weighted by Crippen LogP contribution is -2.28. The molecule has 0 aromatic rings. The van der Waals surface area contributed by atoms with Gasteiger partial charge in [0.15, 0.2) is 0 Å². The number of thiocarbonyl (C=S) groups is 1. The van der Waals surface area contributed by atoms with Crippen LogP contribution in [0.4, 0.5) is 0 Å². The highest BCUT2D eigenvalue weighted by molar-refractivity contribution is 7.80. The van der Waals surface area contributed by atoms with Crippen molar-refractivity contribution < 1.29 is 10.4 Å². The van der Waals surface area contributed by atoms with E-state index in [9.17, 15) is 0 Å². The van der Waals surface area contributed by atoms with Gasteiger partial charge in [0, 0.05) is 0 Å². The summed E-state index contributed by atoms with van der Waals surface area (Å²) in [7, 11) is 0. The first-order chi connectivity index (χ1) is 2.64. The Hall–Kier alpha value is -0.390. The highest BCUT2D eigenvalue weighted by atomic mass is 32.1. The van der Waals surface area contributed by atoms with Gasteiger partial charge in [-0.2, -0.15) is 0 Å². The maximum atomic E-state index is 7.75. The molecule has 0 unspecified atom stereocenters. The zero-order valence-electron chi connectivity index (χ0n) is 2.83. The minimum atomic E-state index is -0.463. The summed E-state index contributed by atoms with van der Waals surface area (Å²) >= 11 is 4.02. The van der Waals surface area contributed by atoms with Gasteiger partial charge >= 0.3 is 0 Å². The van der Waals surface area contributed by atoms with Crippen LogP contribution in [0.15, 0.2) is 0 Å². The largest absolute Gasteiger partial charge is 0.372 e. The van der Waals surface area contributed by atoms with Gasteiger partial charge in [0.05, 0.1) is 0 Å². The van der Waals surface area contributed by atoms with E-state index in [1.165, 1.54) is 0 Å². The fourth-order valence-corrected chi connectivity index (χ4v) is 0. The molecular formula is CH4N2O2S. The van der Waals surface area contributed by atoms with Crippen molar-refractivity contribution in [3.63, 3.8) is 0 Å². The van der Waals surface area contributed by atoms with Crippen LogP contribution in [0.2, 0.25) is 0 Å². The number of nitrogens with zero attached hydrogens (tertiary/aromatic N) is 1. The standard InChI is InChI=1S/CH4N2O2S/c2-1(6)3(4)5/h4-5H,(H2,2,6). The first-order valence-corrected chi connectivity index (χ1v) is 1.52. The molecule has 0 saturated heterocycles. The lowest BCUT2D eigenvalue weighted by Gasteiger charge is -2.00. The number of nitrogens with two attached hydrogens (primary N) is 1. The van der Waals surface area contributed by atoms with Crippen LogP contribution in [0.1, 0.15) is 0 Å². The molecule has 6 heavy (non-hydrogen) atoms. The predicted octanol–water partition coefficient (Wildman–Crippen LogP) is -0.690. The van der Waals surface area contributed by atoms with Crippen LogP contribution in [0.3, 0.4) is 0 Å². The monoisotopic (exact) mass is 108 g/mol. The summed E-state index contributed by atoms with van der Waals surface area (Å²) in [6, 6.07) is 0. The summed E-state index contributed by atoms with van der Waals surface area (Å²) in [4.78, 5) is 0.